The maximum absolute atomic E-state index is 12.8. The number of phenols is 1. The van der Waals surface area contributed by atoms with E-state index in [4.69, 9.17) is 9.47 Å². The molecular formula is C22H26N2O4S. The fourth-order valence-electron chi connectivity index (χ4n) is 3.87. The average Bonchev–Trinajstić information content (AvgIpc) is 3.04. The molecule has 6 nitrogen and oxygen atoms in total. The number of aromatic nitrogens is 1. The van der Waals surface area contributed by atoms with Crippen LogP contribution in [0.3, 0.4) is 0 Å². The zero-order chi connectivity index (χ0) is 20.4. The molecule has 0 radical (unpaired) electrons. The van der Waals surface area contributed by atoms with Crippen molar-refractivity contribution in [3.05, 3.63) is 51.8 Å². The lowest BCUT2D eigenvalue weighted by Crippen LogP contribution is -2.29. The molecule has 29 heavy (non-hydrogen) atoms. The van der Waals surface area contributed by atoms with Crippen molar-refractivity contribution in [2.75, 3.05) is 27.3 Å². The Labute approximate surface area is 174 Å². The fraction of sp³-hybridized carbons (Fsp3) is 0.409. The van der Waals surface area contributed by atoms with Gasteiger partial charge in [0, 0.05) is 18.2 Å². The summed E-state index contributed by atoms with van der Waals surface area (Å²) >= 11 is 1.38. The van der Waals surface area contributed by atoms with Crippen LogP contribution in [-0.2, 0) is 13.1 Å². The number of aromatic hydroxyl groups is 1. The number of nitrogens with zero attached hydrogens (tertiary/aromatic N) is 2. The minimum atomic E-state index is -0.0668. The molecule has 1 fully saturated rings. The lowest BCUT2D eigenvalue weighted by molar-refractivity contribution is 0.218. The van der Waals surface area contributed by atoms with E-state index in [0.717, 1.165) is 35.5 Å². The topological polar surface area (TPSA) is 63.9 Å². The standard InChI is InChI=1S/C22H26N2O4S/c1-27-19-11-17-21(12-20(19)28-2)29-24(22(17)26)13-15-6-7-16(18(25)10-15)14-23-8-4-3-5-9-23/h6-7,10-12,25H,3-5,8-9,13-14H2,1-2H3. The van der Waals surface area contributed by atoms with Crippen LogP contribution < -0.4 is 15.0 Å². The Balaban J connectivity index is 1.57. The molecule has 1 aliphatic heterocycles. The van der Waals surface area contributed by atoms with Gasteiger partial charge in [-0.25, -0.2) is 0 Å². The molecule has 1 aromatic heterocycles. The minimum Gasteiger partial charge on any atom is -0.508 e. The zero-order valence-corrected chi connectivity index (χ0v) is 17.6. The van der Waals surface area contributed by atoms with Gasteiger partial charge in [0.15, 0.2) is 11.5 Å². The highest BCUT2D eigenvalue weighted by Crippen LogP contribution is 2.33. The van der Waals surface area contributed by atoms with E-state index in [0.29, 0.717) is 29.2 Å². The monoisotopic (exact) mass is 414 g/mol. The molecule has 0 saturated carbocycles. The van der Waals surface area contributed by atoms with Crippen LogP contribution in [0.15, 0.2) is 35.1 Å². The van der Waals surface area contributed by atoms with E-state index < -0.39 is 0 Å². The van der Waals surface area contributed by atoms with Gasteiger partial charge < -0.3 is 14.6 Å². The molecule has 0 spiro atoms. The van der Waals surface area contributed by atoms with E-state index in [9.17, 15) is 9.90 Å². The molecule has 0 unspecified atom stereocenters. The molecule has 4 rings (SSSR count). The van der Waals surface area contributed by atoms with Crippen LogP contribution in [-0.4, -0.2) is 41.3 Å². The van der Waals surface area contributed by atoms with E-state index >= 15 is 0 Å². The van der Waals surface area contributed by atoms with Crippen LogP contribution in [0.1, 0.15) is 30.4 Å². The SMILES string of the molecule is COc1cc2sn(Cc3ccc(CN4CCCCC4)c(O)c3)c(=O)c2cc1OC. The summed E-state index contributed by atoms with van der Waals surface area (Å²) in [5, 5.41) is 11.1. The first-order valence-electron chi connectivity index (χ1n) is 9.88. The van der Waals surface area contributed by atoms with Crippen LogP contribution in [0.5, 0.6) is 17.2 Å². The van der Waals surface area contributed by atoms with Crippen LogP contribution in [0.2, 0.25) is 0 Å². The predicted molar refractivity (Wildman–Crippen MR) is 116 cm³/mol. The van der Waals surface area contributed by atoms with Crippen LogP contribution in [0, 0.1) is 0 Å². The Kier molecular flexibility index (Phi) is 5.78. The van der Waals surface area contributed by atoms with Crippen molar-refractivity contribution in [2.24, 2.45) is 0 Å². The second kappa shape index (κ2) is 8.47. The lowest BCUT2D eigenvalue weighted by Gasteiger charge is -2.26. The third-order valence-corrected chi connectivity index (χ3v) is 6.52. The molecule has 0 atom stereocenters. The molecule has 3 aromatic rings. The number of rotatable bonds is 6. The molecule has 7 heteroatoms. The first-order chi connectivity index (χ1) is 14.1. The number of methoxy groups -OCH3 is 2. The van der Waals surface area contributed by atoms with E-state index in [1.807, 2.05) is 18.2 Å². The van der Waals surface area contributed by atoms with Gasteiger partial charge >= 0.3 is 0 Å². The van der Waals surface area contributed by atoms with Gasteiger partial charge in [0.05, 0.1) is 30.9 Å². The van der Waals surface area contributed by atoms with Gasteiger partial charge in [-0.15, -0.1) is 0 Å². The van der Waals surface area contributed by atoms with Gasteiger partial charge in [0.2, 0.25) is 0 Å². The predicted octanol–water partition coefficient (Wildman–Crippen LogP) is 3.82. The largest absolute Gasteiger partial charge is 0.508 e. The van der Waals surface area contributed by atoms with Crippen molar-refractivity contribution in [2.45, 2.75) is 32.4 Å². The highest BCUT2D eigenvalue weighted by atomic mass is 32.1. The van der Waals surface area contributed by atoms with Gasteiger partial charge in [0.25, 0.3) is 5.56 Å². The summed E-state index contributed by atoms with van der Waals surface area (Å²) < 4.78 is 13.2. The number of fused-ring (bicyclic) bond motifs is 1. The van der Waals surface area contributed by atoms with Crippen molar-refractivity contribution in [3.63, 3.8) is 0 Å². The second-order valence-corrected chi connectivity index (χ2v) is 8.50. The number of piperidine rings is 1. The zero-order valence-electron chi connectivity index (χ0n) is 16.8. The van der Waals surface area contributed by atoms with Crippen molar-refractivity contribution < 1.29 is 14.6 Å². The van der Waals surface area contributed by atoms with Gasteiger partial charge in [-0.1, -0.05) is 30.1 Å². The highest BCUT2D eigenvalue weighted by molar-refractivity contribution is 7.13. The normalized spacial score (nSPS) is 15.0. The van der Waals surface area contributed by atoms with Crippen molar-refractivity contribution >= 4 is 21.6 Å². The molecule has 1 N–H and O–H groups in total. The summed E-state index contributed by atoms with van der Waals surface area (Å²) in [5.74, 6) is 1.44. The molecular weight excluding hydrogens is 388 g/mol. The summed E-state index contributed by atoms with van der Waals surface area (Å²) in [6.45, 7) is 3.37. The molecule has 2 heterocycles. The number of hydrogen-bond acceptors (Lipinski definition) is 6. The van der Waals surface area contributed by atoms with Crippen molar-refractivity contribution in [1.82, 2.24) is 8.86 Å². The quantitative estimate of drug-likeness (QED) is 0.664. The number of hydrogen-bond donors (Lipinski definition) is 1. The Morgan fingerprint density at radius 3 is 2.41 bits per heavy atom. The Hall–Kier alpha value is -2.51. The second-order valence-electron chi connectivity index (χ2n) is 7.44. The van der Waals surface area contributed by atoms with Gasteiger partial charge in [-0.3, -0.25) is 13.7 Å². The molecule has 1 aliphatic rings. The van der Waals surface area contributed by atoms with Crippen LogP contribution in [0.4, 0.5) is 0 Å². The van der Waals surface area contributed by atoms with Crippen molar-refractivity contribution in [3.8, 4) is 17.2 Å². The molecule has 0 bridgehead atoms. The first-order valence-corrected chi connectivity index (χ1v) is 10.7. The lowest BCUT2D eigenvalue weighted by atomic mass is 10.1. The third-order valence-electron chi connectivity index (χ3n) is 5.47. The van der Waals surface area contributed by atoms with Crippen LogP contribution in [0.25, 0.3) is 10.1 Å². The summed E-state index contributed by atoms with van der Waals surface area (Å²) in [7, 11) is 3.14. The third kappa shape index (κ3) is 4.11. The Morgan fingerprint density at radius 1 is 1.00 bits per heavy atom. The smallest absolute Gasteiger partial charge is 0.268 e. The van der Waals surface area contributed by atoms with Crippen molar-refractivity contribution in [1.29, 1.82) is 0 Å². The van der Waals surface area contributed by atoms with Gasteiger partial charge in [-0.05, 0) is 43.6 Å². The number of likely N-dealkylation sites (tertiary alicyclic amines) is 1. The minimum absolute atomic E-state index is 0.0668. The molecule has 0 amide bonds. The van der Waals surface area contributed by atoms with Gasteiger partial charge in [-0.2, -0.15) is 0 Å². The van der Waals surface area contributed by atoms with Gasteiger partial charge in [0.1, 0.15) is 5.75 Å². The molecule has 2 aromatic carbocycles. The van der Waals surface area contributed by atoms with Crippen LogP contribution >= 0.6 is 11.5 Å². The van der Waals surface area contributed by atoms with E-state index in [1.165, 1.54) is 30.8 Å². The number of benzene rings is 2. The highest BCUT2D eigenvalue weighted by Gasteiger charge is 2.15. The molecule has 0 aliphatic carbocycles. The number of phenolic OH excluding ortho intramolecular Hbond substituents is 1. The maximum Gasteiger partial charge on any atom is 0.268 e. The molecule has 154 valence electrons. The Morgan fingerprint density at radius 2 is 1.72 bits per heavy atom. The maximum atomic E-state index is 12.8. The number of ether oxygens (including phenoxy) is 2. The first kappa shape index (κ1) is 19.8. The summed E-state index contributed by atoms with van der Waals surface area (Å²) in [6.07, 6.45) is 3.75. The summed E-state index contributed by atoms with van der Waals surface area (Å²) in [4.78, 5) is 15.2. The molecule has 1 saturated heterocycles. The summed E-state index contributed by atoms with van der Waals surface area (Å²) in [5.41, 5.74) is 1.77. The van der Waals surface area contributed by atoms with E-state index in [-0.39, 0.29) is 5.56 Å². The van der Waals surface area contributed by atoms with E-state index in [1.54, 1.807) is 30.3 Å². The average molecular weight is 415 g/mol. The Bertz CT molecular complexity index is 1070. The summed E-state index contributed by atoms with van der Waals surface area (Å²) in [6, 6.07) is 9.30. The van der Waals surface area contributed by atoms with E-state index in [2.05, 4.69) is 4.90 Å². The fourth-order valence-corrected chi connectivity index (χ4v) is 4.90.